The van der Waals surface area contributed by atoms with Gasteiger partial charge in [-0.05, 0) is 54.7 Å². The molecule has 2 heterocycles. The minimum Gasteiger partial charge on any atom is -0.446 e. The molecule has 0 radical (unpaired) electrons. The molecule has 35 heavy (non-hydrogen) atoms. The second-order valence-corrected chi connectivity index (χ2v) is 9.12. The molecule has 2 fully saturated rings. The van der Waals surface area contributed by atoms with Crippen LogP contribution in [0.3, 0.4) is 0 Å². The lowest BCUT2D eigenvalue weighted by Crippen LogP contribution is -2.40. The van der Waals surface area contributed by atoms with E-state index in [0.29, 0.717) is 37.8 Å². The quantitative estimate of drug-likeness (QED) is 0.482. The number of nitrogens with one attached hydrogen (secondary N) is 2. The van der Waals surface area contributed by atoms with E-state index in [2.05, 4.69) is 10.6 Å². The van der Waals surface area contributed by atoms with Crippen LogP contribution >= 0.6 is 0 Å². The third-order valence-corrected chi connectivity index (χ3v) is 6.51. The van der Waals surface area contributed by atoms with Crippen LogP contribution in [0.4, 0.5) is 21.0 Å². The van der Waals surface area contributed by atoms with Gasteiger partial charge in [-0.2, -0.15) is 0 Å². The Morgan fingerprint density at radius 1 is 0.743 bits per heavy atom. The Labute approximate surface area is 206 Å². The fraction of sp³-hybridized carbons (Fsp3) is 0.481. The van der Waals surface area contributed by atoms with Crippen molar-refractivity contribution in [3.05, 3.63) is 59.7 Å². The predicted molar refractivity (Wildman–Crippen MR) is 133 cm³/mol. The van der Waals surface area contributed by atoms with Crippen LogP contribution in [0.25, 0.3) is 0 Å². The number of ether oxygens (including phenoxy) is 4. The molecule has 2 aromatic rings. The van der Waals surface area contributed by atoms with Crippen LogP contribution in [-0.4, -0.2) is 50.8 Å². The summed E-state index contributed by atoms with van der Waals surface area (Å²) in [5.74, 6) is 0.576. The highest BCUT2D eigenvalue weighted by Gasteiger charge is 2.31. The van der Waals surface area contributed by atoms with E-state index < -0.39 is 12.2 Å². The lowest BCUT2D eigenvalue weighted by Gasteiger charge is -2.32. The molecule has 0 bridgehead atoms. The molecule has 2 N–H and O–H groups in total. The number of rotatable bonds is 10. The molecule has 2 saturated heterocycles. The molecule has 2 unspecified atom stereocenters. The van der Waals surface area contributed by atoms with E-state index in [4.69, 9.17) is 18.9 Å². The molecule has 0 saturated carbocycles. The first kappa shape index (κ1) is 25.0. The molecule has 0 spiro atoms. The van der Waals surface area contributed by atoms with Gasteiger partial charge in [0.2, 0.25) is 0 Å². The van der Waals surface area contributed by atoms with E-state index >= 15 is 0 Å². The van der Waals surface area contributed by atoms with Crippen molar-refractivity contribution in [3.63, 3.8) is 0 Å². The maximum Gasteiger partial charge on any atom is 0.411 e. The first-order valence-corrected chi connectivity index (χ1v) is 12.3. The summed E-state index contributed by atoms with van der Waals surface area (Å²) in [5.41, 5.74) is 3.59. The van der Waals surface area contributed by atoms with Crippen molar-refractivity contribution < 1.29 is 28.5 Å². The third-order valence-electron chi connectivity index (χ3n) is 6.51. The van der Waals surface area contributed by atoms with Gasteiger partial charge in [0, 0.05) is 23.2 Å². The molecule has 2 aliphatic rings. The van der Waals surface area contributed by atoms with Gasteiger partial charge in [0.25, 0.3) is 0 Å². The van der Waals surface area contributed by atoms with Gasteiger partial charge >= 0.3 is 12.2 Å². The maximum absolute atomic E-state index is 12.2. The van der Waals surface area contributed by atoms with Crippen LogP contribution in [0.1, 0.15) is 37.8 Å². The Hall–Kier alpha value is -3.10. The molecule has 8 nitrogen and oxygen atoms in total. The van der Waals surface area contributed by atoms with Crippen molar-refractivity contribution in [1.82, 2.24) is 0 Å². The van der Waals surface area contributed by atoms with Gasteiger partial charge < -0.3 is 18.9 Å². The van der Waals surface area contributed by atoms with Gasteiger partial charge in [-0.3, -0.25) is 10.6 Å². The van der Waals surface area contributed by atoms with E-state index in [1.165, 1.54) is 0 Å². The molecule has 0 aromatic heterocycles. The summed E-state index contributed by atoms with van der Waals surface area (Å²) in [5, 5.41) is 5.59. The SMILES string of the molecule is CCC(OC(=O)Nc1ccc(Cc2ccc(NC(=O)OC(CC)C3COC3)cc2)cc1)C1COC1. The molecular weight excluding hydrogens is 448 g/mol. The molecule has 4 rings (SSSR count). The topological polar surface area (TPSA) is 95.1 Å². The van der Waals surface area contributed by atoms with Crippen molar-refractivity contribution >= 4 is 23.6 Å². The highest BCUT2D eigenvalue weighted by Crippen LogP contribution is 2.23. The summed E-state index contributed by atoms with van der Waals surface area (Å²) in [6, 6.07) is 15.4. The molecular formula is C27H34N2O6. The smallest absolute Gasteiger partial charge is 0.411 e. The molecule has 2 aliphatic heterocycles. The lowest BCUT2D eigenvalue weighted by atomic mass is 9.99. The van der Waals surface area contributed by atoms with Crippen molar-refractivity contribution in [1.29, 1.82) is 0 Å². The minimum absolute atomic E-state index is 0.118. The van der Waals surface area contributed by atoms with E-state index in [-0.39, 0.29) is 24.0 Å². The molecule has 2 atom stereocenters. The first-order chi connectivity index (χ1) is 17.0. The largest absolute Gasteiger partial charge is 0.446 e. The fourth-order valence-corrected chi connectivity index (χ4v) is 4.18. The molecule has 2 amide bonds. The predicted octanol–water partition coefficient (Wildman–Crippen LogP) is 5.22. The minimum atomic E-state index is -0.440. The Morgan fingerprint density at radius 3 is 1.40 bits per heavy atom. The second-order valence-electron chi connectivity index (χ2n) is 9.12. The molecule has 8 heteroatoms. The van der Waals surface area contributed by atoms with Gasteiger partial charge in [-0.15, -0.1) is 0 Å². The summed E-state index contributed by atoms with van der Waals surface area (Å²) in [6.07, 6.45) is 1.15. The van der Waals surface area contributed by atoms with Crippen LogP contribution in [0, 0.1) is 11.8 Å². The summed E-state index contributed by atoms with van der Waals surface area (Å²) in [7, 11) is 0. The zero-order chi connectivity index (χ0) is 24.6. The van der Waals surface area contributed by atoms with Crippen molar-refractivity contribution in [2.24, 2.45) is 11.8 Å². The van der Waals surface area contributed by atoms with Crippen LogP contribution in [0.2, 0.25) is 0 Å². The molecule has 0 aliphatic carbocycles. The van der Waals surface area contributed by atoms with E-state index in [1.54, 1.807) is 0 Å². The van der Waals surface area contributed by atoms with Crippen LogP contribution < -0.4 is 10.6 Å². The zero-order valence-electron chi connectivity index (χ0n) is 20.3. The second kappa shape index (κ2) is 12.0. The fourth-order valence-electron chi connectivity index (χ4n) is 4.18. The Balaban J connectivity index is 1.23. The Bertz CT molecular complexity index is 891. The lowest BCUT2D eigenvalue weighted by molar-refractivity contribution is -0.0924. The van der Waals surface area contributed by atoms with Crippen molar-refractivity contribution in [3.8, 4) is 0 Å². The number of carbonyl (C=O) groups is 2. The van der Waals surface area contributed by atoms with Crippen molar-refractivity contribution in [2.75, 3.05) is 37.1 Å². The van der Waals surface area contributed by atoms with Crippen molar-refractivity contribution in [2.45, 2.75) is 45.3 Å². The van der Waals surface area contributed by atoms with Crippen LogP contribution in [0.15, 0.2) is 48.5 Å². The van der Waals surface area contributed by atoms with Gasteiger partial charge in [0.05, 0.1) is 26.4 Å². The Morgan fingerprint density at radius 2 is 1.11 bits per heavy atom. The normalized spacial score (nSPS) is 17.4. The number of amides is 2. The molecule has 188 valence electrons. The van der Waals surface area contributed by atoms with Gasteiger partial charge in [0.15, 0.2) is 0 Å². The van der Waals surface area contributed by atoms with E-state index in [9.17, 15) is 9.59 Å². The van der Waals surface area contributed by atoms with Gasteiger partial charge in [-0.1, -0.05) is 38.1 Å². The maximum atomic E-state index is 12.2. The summed E-state index contributed by atoms with van der Waals surface area (Å²) < 4.78 is 21.5. The average molecular weight is 483 g/mol. The Kier molecular flexibility index (Phi) is 8.60. The average Bonchev–Trinajstić information content (AvgIpc) is 2.78. The summed E-state index contributed by atoms with van der Waals surface area (Å²) in [6.45, 7) is 6.61. The first-order valence-electron chi connectivity index (χ1n) is 12.3. The number of benzene rings is 2. The van der Waals surface area contributed by atoms with Crippen LogP contribution in [0.5, 0.6) is 0 Å². The van der Waals surface area contributed by atoms with E-state index in [0.717, 1.165) is 30.4 Å². The number of hydrogen-bond donors (Lipinski definition) is 2. The number of hydrogen-bond acceptors (Lipinski definition) is 6. The van der Waals surface area contributed by atoms with E-state index in [1.807, 2.05) is 62.4 Å². The standard InChI is InChI=1S/C27H34N2O6/c1-3-24(20-14-32-15-20)34-26(30)28-22-9-5-18(6-10-22)13-19-7-11-23(12-8-19)29-27(31)35-25(4-2)21-16-33-17-21/h5-12,20-21,24-25H,3-4,13-17H2,1-2H3,(H,28,30)(H,29,31). The summed E-state index contributed by atoms with van der Waals surface area (Å²) >= 11 is 0. The van der Waals surface area contributed by atoms with Crippen LogP contribution in [-0.2, 0) is 25.4 Å². The highest BCUT2D eigenvalue weighted by atomic mass is 16.6. The number of anilines is 2. The monoisotopic (exact) mass is 482 g/mol. The third kappa shape index (κ3) is 6.96. The highest BCUT2D eigenvalue weighted by molar-refractivity contribution is 5.85. The molecule has 2 aromatic carbocycles. The summed E-state index contributed by atoms with van der Waals surface area (Å²) in [4.78, 5) is 24.4. The zero-order valence-corrected chi connectivity index (χ0v) is 20.3. The van der Waals surface area contributed by atoms with Gasteiger partial charge in [-0.25, -0.2) is 9.59 Å². The van der Waals surface area contributed by atoms with Gasteiger partial charge in [0.1, 0.15) is 12.2 Å². The number of carbonyl (C=O) groups excluding carboxylic acids is 2.